The third-order valence-corrected chi connectivity index (χ3v) is 6.55. The van der Waals surface area contributed by atoms with Crippen molar-refractivity contribution < 1.29 is 4.79 Å². The van der Waals surface area contributed by atoms with Crippen molar-refractivity contribution in [2.45, 2.75) is 31.5 Å². The zero-order valence-corrected chi connectivity index (χ0v) is 16.2. The van der Waals surface area contributed by atoms with Gasteiger partial charge in [0.05, 0.1) is 18.2 Å². The van der Waals surface area contributed by atoms with E-state index < -0.39 is 0 Å². The number of fused-ring (bicyclic) bond motifs is 1. The van der Waals surface area contributed by atoms with E-state index in [2.05, 4.69) is 22.1 Å². The Kier molecular flexibility index (Phi) is 5.28. The molecule has 4 rings (SSSR count). The molecule has 0 saturated carbocycles. The molecular weight excluding hydrogens is 358 g/mol. The molecule has 1 aromatic rings. The summed E-state index contributed by atoms with van der Waals surface area (Å²) >= 11 is 1.83. The van der Waals surface area contributed by atoms with Crippen LogP contribution in [-0.2, 0) is 11.3 Å². The molecule has 2 N–H and O–H groups in total. The van der Waals surface area contributed by atoms with Gasteiger partial charge in [-0.2, -0.15) is 17.0 Å². The number of piperidine rings is 1. The number of thioether (sulfide) groups is 1. The molecule has 7 heteroatoms. The van der Waals surface area contributed by atoms with Crippen LogP contribution in [0.25, 0.3) is 0 Å². The molecule has 0 radical (unpaired) electrons. The van der Waals surface area contributed by atoms with E-state index in [1.165, 1.54) is 0 Å². The fraction of sp³-hybridized carbons (Fsp3) is 0.500. The van der Waals surface area contributed by atoms with Crippen LogP contribution in [0.3, 0.4) is 0 Å². The summed E-state index contributed by atoms with van der Waals surface area (Å²) in [6, 6.07) is 9.81. The molecule has 27 heavy (non-hydrogen) atoms. The summed E-state index contributed by atoms with van der Waals surface area (Å²) < 4.78 is 0. The van der Waals surface area contributed by atoms with Gasteiger partial charge in [0.2, 0.25) is 0 Å². The van der Waals surface area contributed by atoms with Gasteiger partial charge < -0.3 is 15.5 Å². The van der Waals surface area contributed by atoms with Gasteiger partial charge >= 0.3 is 0 Å². The lowest BCUT2D eigenvalue weighted by Crippen LogP contribution is -2.58. The largest absolute Gasteiger partial charge is 0.361 e. The van der Waals surface area contributed by atoms with E-state index in [9.17, 15) is 10.1 Å². The fourth-order valence-corrected chi connectivity index (χ4v) is 5.13. The normalized spacial score (nSPS) is 25.7. The smallest absolute Gasteiger partial charge is 0.251 e. The monoisotopic (exact) mass is 383 g/mol. The summed E-state index contributed by atoms with van der Waals surface area (Å²) in [4.78, 5) is 19.7. The number of nitriles is 1. The molecule has 2 fully saturated rings. The number of nitrogens with zero attached hydrogens (tertiary/aromatic N) is 4. The zero-order chi connectivity index (χ0) is 18.8. The number of hydrogen-bond acceptors (Lipinski definition) is 6. The molecule has 0 bridgehead atoms. The van der Waals surface area contributed by atoms with Crippen LogP contribution in [0.1, 0.15) is 24.0 Å². The molecule has 1 amide bonds. The number of hydrogen-bond donors (Lipinski definition) is 1. The lowest BCUT2D eigenvalue weighted by molar-refractivity contribution is -0.137. The number of carbonyl (C=O) groups is 1. The highest BCUT2D eigenvalue weighted by Gasteiger charge is 2.39. The van der Waals surface area contributed by atoms with E-state index in [-0.39, 0.29) is 18.0 Å². The first-order valence-electron chi connectivity index (χ1n) is 9.52. The maximum Gasteiger partial charge on any atom is 0.251 e. The second-order valence-corrected chi connectivity index (χ2v) is 8.51. The first kappa shape index (κ1) is 18.2. The number of nitrogens with two attached hydrogens (primary N) is 1. The minimum atomic E-state index is -0.111. The van der Waals surface area contributed by atoms with Crippen LogP contribution in [0.2, 0.25) is 0 Å². The quantitative estimate of drug-likeness (QED) is 0.853. The number of likely N-dealkylation sites (tertiary alicyclic amines) is 1. The lowest BCUT2D eigenvalue weighted by Gasteiger charge is -2.47. The summed E-state index contributed by atoms with van der Waals surface area (Å²) in [5.74, 6) is 2.93. The third-order valence-electron chi connectivity index (χ3n) is 5.53. The molecule has 1 unspecified atom stereocenters. The van der Waals surface area contributed by atoms with Crippen LogP contribution in [0.5, 0.6) is 0 Å². The van der Waals surface area contributed by atoms with Gasteiger partial charge in [-0.1, -0.05) is 18.2 Å². The highest BCUT2D eigenvalue weighted by Crippen LogP contribution is 2.30. The predicted molar refractivity (Wildman–Crippen MR) is 106 cm³/mol. The van der Waals surface area contributed by atoms with Crippen LogP contribution in [0.4, 0.5) is 0 Å². The van der Waals surface area contributed by atoms with Crippen molar-refractivity contribution in [1.82, 2.24) is 14.7 Å². The highest BCUT2D eigenvalue weighted by atomic mass is 32.2. The molecule has 0 aliphatic carbocycles. The second kappa shape index (κ2) is 7.83. The summed E-state index contributed by atoms with van der Waals surface area (Å²) in [7, 11) is 0. The zero-order valence-electron chi connectivity index (χ0n) is 15.4. The Morgan fingerprint density at radius 2 is 2.15 bits per heavy atom. The Bertz CT molecular complexity index is 789. The number of benzene rings is 1. The highest BCUT2D eigenvalue weighted by molar-refractivity contribution is 7.99. The summed E-state index contributed by atoms with van der Waals surface area (Å²) in [6.45, 7) is 3.00. The van der Waals surface area contributed by atoms with Gasteiger partial charge in [0, 0.05) is 43.4 Å². The van der Waals surface area contributed by atoms with Crippen molar-refractivity contribution in [1.29, 1.82) is 5.26 Å². The average Bonchev–Trinajstić information content (AvgIpc) is 2.70. The molecule has 3 aliphatic rings. The van der Waals surface area contributed by atoms with Crippen molar-refractivity contribution in [3.63, 3.8) is 0 Å². The van der Waals surface area contributed by atoms with Crippen molar-refractivity contribution >= 4 is 17.7 Å². The molecule has 2 saturated heterocycles. The van der Waals surface area contributed by atoms with Crippen molar-refractivity contribution in [3.05, 3.63) is 47.4 Å². The number of rotatable bonds is 3. The Balaban J connectivity index is 1.68. The fourth-order valence-electron chi connectivity index (χ4n) is 4.06. The van der Waals surface area contributed by atoms with Crippen LogP contribution in [-0.4, -0.2) is 63.8 Å². The maximum absolute atomic E-state index is 13.4. The summed E-state index contributed by atoms with van der Waals surface area (Å²) in [5.41, 5.74) is 7.72. The Morgan fingerprint density at radius 3 is 2.96 bits per heavy atom. The van der Waals surface area contributed by atoms with Crippen molar-refractivity contribution in [3.8, 4) is 6.07 Å². The third kappa shape index (κ3) is 3.64. The first-order valence-corrected chi connectivity index (χ1v) is 10.7. The van der Waals surface area contributed by atoms with Crippen LogP contribution in [0.15, 0.2) is 36.3 Å². The van der Waals surface area contributed by atoms with Crippen LogP contribution >= 0.6 is 11.8 Å². The first-order chi connectivity index (χ1) is 13.2. The van der Waals surface area contributed by atoms with Gasteiger partial charge in [0.1, 0.15) is 11.9 Å². The van der Waals surface area contributed by atoms with E-state index in [0.717, 1.165) is 55.4 Å². The van der Waals surface area contributed by atoms with Gasteiger partial charge in [0.25, 0.3) is 5.91 Å². The molecule has 0 aromatic heterocycles. The molecule has 3 heterocycles. The summed E-state index contributed by atoms with van der Waals surface area (Å²) in [6.07, 6.45) is 4.21. The van der Waals surface area contributed by atoms with Gasteiger partial charge in [-0.25, -0.2) is 0 Å². The van der Waals surface area contributed by atoms with Crippen molar-refractivity contribution in [2.24, 2.45) is 5.73 Å². The van der Waals surface area contributed by atoms with Crippen LogP contribution < -0.4 is 5.73 Å². The van der Waals surface area contributed by atoms with Gasteiger partial charge in [0.15, 0.2) is 0 Å². The molecule has 6 nitrogen and oxygen atoms in total. The Morgan fingerprint density at radius 1 is 1.30 bits per heavy atom. The lowest BCUT2D eigenvalue weighted by atomic mass is 10.0. The van der Waals surface area contributed by atoms with Gasteiger partial charge in [-0.15, -0.1) is 0 Å². The average molecular weight is 384 g/mol. The standard InChI is InChI=1S/C20H25N5OS/c21-10-15-4-1-2-5-16(15)11-25-19(24-7-3-6-17(22)12-24)13-23-8-9-27-14-18(23)20(25)26/h1-2,4-5,13,17-18H,3,6-9,11-12,14,22H2/t17-,18?/m1/s1. The van der Waals surface area contributed by atoms with E-state index in [4.69, 9.17) is 5.73 Å². The van der Waals surface area contributed by atoms with Crippen molar-refractivity contribution in [2.75, 3.05) is 31.1 Å². The molecular formula is C20H25N5OS. The molecule has 2 atom stereocenters. The number of carbonyl (C=O) groups excluding carboxylic acids is 1. The Labute approximate surface area is 164 Å². The van der Waals surface area contributed by atoms with E-state index in [1.807, 2.05) is 40.9 Å². The number of amides is 1. The topological polar surface area (TPSA) is 76.6 Å². The minimum absolute atomic E-state index is 0.111. The van der Waals surface area contributed by atoms with E-state index in [1.54, 1.807) is 0 Å². The molecule has 142 valence electrons. The second-order valence-electron chi connectivity index (χ2n) is 7.36. The predicted octanol–water partition coefficient (Wildman–Crippen LogP) is 1.54. The Hall–Kier alpha value is -2.17. The van der Waals surface area contributed by atoms with Gasteiger partial charge in [-0.05, 0) is 24.5 Å². The molecule has 3 aliphatic heterocycles. The maximum atomic E-state index is 13.4. The SMILES string of the molecule is N#Cc1ccccc1CN1C(=O)C2CSCCN2C=C1N1CCC[C@@H](N)C1. The minimum Gasteiger partial charge on any atom is -0.361 e. The van der Waals surface area contributed by atoms with Gasteiger partial charge in [-0.3, -0.25) is 9.69 Å². The molecule has 1 aromatic carbocycles. The molecule has 0 spiro atoms. The van der Waals surface area contributed by atoms with E-state index >= 15 is 0 Å². The summed E-state index contributed by atoms with van der Waals surface area (Å²) in [5, 5.41) is 9.44. The van der Waals surface area contributed by atoms with E-state index in [0.29, 0.717) is 12.1 Å². The van der Waals surface area contributed by atoms with Crippen LogP contribution in [0, 0.1) is 11.3 Å².